The predicted octanol–water partition coefficient (Wildman–Crippen LogP) is 2.27. The van der Waals surface area contributed by atoms with E-state index in [0.717, 1.165) is 12.0 Å². The number of nitrogens with zero attached hydrogens (tertiary/aromatic N) is 1. The van der Waals surface area contributed by atoms with Crippen LogP contribution in [-0.2, 0) is 4.79 Å². The van der Waals surface area contributed by atoms with E-state index < -0.39 is 0 Å². The molecule has 1 unspecified atom stereocenters. The molecule has 1 rings (SSSR count). The molecule has 3 N–H and O–H groups in total. The lowest BCUT2D eigenvalue weighted by Gasteiger charge is -2.19. The monoisotopic (exact) mass is 263 g/mol. The highest BCUT2D eigenvalue weighted by Crippen LogP contribution is 2.16. The fourth-order valence-corrected chi connectivity index (χ4v) is 2.21. The molecule has 0 aliphatic heterocycles. The molecule has 1 aromatic rings. The van der Waals surface area contributed by atoms with Crippen molar-refractivity contribution in [3.05, 3.63) is 30.1 Å². The smallest absolute Gasteiger partial charge is 0.220 e. The van der Waals surface area contributed by atoms with Gasteiger partial charge < -0.3 is 11.1 Å². The molecule has 0 fully saturated rings. The maximum atomic E-state index is 12.0. The minimum Gasteiger partial charge on any atom is -0.350 e. The molecule has 0 spiro atoms. The molecule has 1 aromatic heterocycles. The van der Waals surface area contributed by atoms with E-state index in [2.05, 4.69) is 24.1 Å². The van der Waals surface area contributed by atoms with Crippen LogP contribution >= 0.6 is 0 Å². The van der Waals surface area contributed by atoms with Gasteiger partial charge in [-0.1, -0.05) is 19.9 Å². The molecule has 0 saturated heterocycles. The van der Waals surface area contributed by atoms with Gasteiger partial charge in [-0.2, -0.15) is 0 Å². The normalized spacial score (nSPS) is 14.2. The predicted molar refractivity (Wildman–Crippen MR) is 77.4 cm³/mol. The standard InChI is InChI=1S/C15H25N3O/c1-11(2)7-13(9-16)8-15(19)18-12(3)14-5-4-6-17-10-14/h4-6,10-13H,7-9,16H2,1-3H3,(H,18,19)/t12-,13?/m1/s1. The van der Waals surface area contributed by atoms with Crippen molar-refractivity contribution in [2.24, 2.45) is 17.6 Å². The van der Waals surface area contributed by atoms with Gasteiger partial charge in [0.05, 0.1) is 6.04 Å². The van der Waals surface area contributed by atoms with Gasteiger partial charge in [0.1, 0.15) is 0 Å². The van der Waals surface area contributed by atoms with Crippen molar-refractivity contribution in [1.82, 2.24) is 10.3 Å². The number of carbonyl (C=O) groups excluding carboxylic acids is 1. The van der Waals surface area contributed by atoms with Crippen molar-refractivity contribution in [3.63, 3.8) is 0 Å². The first-order chi connectivity index (χ1) is 9.02. The van der Waals surface area contributed by atoms with Gasteiger partial charge in [-0.25, -0.2) is 0 Å². The minimum atomic E-state index is -0.0151. The van der Waals surface area contributed by atoms with Crippen LogP contribution in [0, 0.1) is 11.8 Å². The van der Waals surface area contributed by atoms with Crippen molar-refractivity contribution in [2.75, 3.05) is 6.54 Å². The maximum Gasteiger partial charge on any atom is 0.220 e. The summed E-state index contributed by atoms with van der Waals surface area (Å²) in [6, 6.07) is 3.82. The van der Waals surface area contributed by atoms with E-state index in [1.165, 1.54) is 0 Å². The zero-order chi connectivity index (χ0) is 14.3. The van der Waals surface area contributed by atoms with Crippen LogP contribution in [-0.4, -0.2) is 17.4 Å². The highest BCUT2D eigenvalue weighted by atomic mass is 16.1. The van der Waals surface area contributed by atoms with Crippen LogP contribution < -0.4 is 11.1 Å². The Morgan fingerprint density at radius 2 is 2.16 bits per heavy atom. The number of hydrogen-bond donors (Lipinski definition) is 2. The molecule has 106 valence electrons. The minimum absolute atomic E-state index is 0.0151. The number of aromatic nitrogens is 1. The zero-order valence-corrected chi connectivity index (χ0v) is 12.1. The van der Waals surface area contributed by atoms with Gasteiger partial charge in [0, 0.05) is 18.8 Å². The van der Waals surface area contributed by atoms with E-state index in [9.17, 15) is 4.79 Å². The lowest BCUT2D eigenvalue weighted by Crippen LogP contribution is -2.30. The largest absolute Gasteiger partial charge is 0.350 e. The second-order valence-electron chi connectivity index (χ2n) is 5.51. The Balaban J connectivity index is 2.46. The second kappa shape index (κ2) is 7.89. The van der Waals surface area contributed by atoms with Gasteiger partial charge in [0.25, 0.3) is 0 Å². The Bertz CT molecular complexity index is 378. The quantitative estimate of drug-likeness (QED) is 0.793. The molecule has 0 aliphatic rings. The number of nitrogens with two attached hydrogens (primary N) is 1. The van der Waals surface area contributed by atoms with Crippen LogP contribution in [0.2, 0.25) is 0 Å². The van der Waals surface area contributed by atoms with Gasteiger partial charge in [-0.3, -0.25) is 9.78 Å². The Labute approximate surface area is 115 Å². The third kappa shape index (κ3) is 5.83. The summed E-state index contributed by atoms with van der Waals surface area (Å²) in [6.07, 6.45) is 5.00. The molecule has 19 heavy (non-hydrogen) atoms. The number of hydrogen-bond acceptors (Lipinski definition) is 3. The van der Waals surface area contributed by atoms with Crippen LogP contribution in [0.5, 0.6) is 0 Å². The maximum absolute atomic E-state index is 12.0. The highest BCUT2D eigenvalue weighted by Gasteiger charge is 2.16. The molecule has 0 radical (unpaired) electrons. The van der Waals surface area contributed by atoms with Crippen molar-refractivity contribution in [1.29, 1.82) is 0 Å². The summed E-state index contributed by atoms with van der Waals surface area (Å²) in [7, 11) is 0. The average Bonchev–Trinajstić information content (AvgIpc) is 2.38. The second-order valence-corrected chi connectivity index (χ2v) is 5.51. The molecule has 0 bridgehead atoms. The lowest BCUT2D eigenvalue weighted by molar-refractivity contribution is -0.122. The molecule has 4 nitrogen and oxygen atoms in total. The summed E-state index contributed by atoms with van der Waals surface area (Å²) in [5.41, 5.74) is 6.74. The first-order valence-electron chi connectivity index (χ1n) is 6.92. The molecule has 1 amide bonds. The van der Waals surface area contributed by atoms with Gasteiger partial charge in [-0.15, -0.1) is 0 Å². The van der Waals surface area contributed by atoms with E-state index in [-0.39, 0.29) is 17.9 Å². The zero-order valence-electron chi connectivity index (χ0n) is 12.1. The third-order valence-electron chi connectivity index (χ3n) is 3.17. The van der Waals surface area contributed by atoms with E-state index in [4.69, 9.17) is 5.73 Å². The van der Waals surface area contributed by atoms with Crippen molar-refractivity contribution in [2.45, 2.75) is 39.7 Å². The summed E-state index contributed by atoms with van der Waals surface area (Å²) in [5, 5.41) is 3.00. The molecule has 4 heteroatoms. The molecular weight excluding hydrogens is 238 g/mol. The van der Waals surface area contributed by atoms with Crippen LogP contribution in [0.1, 0.15) is 45.2 Å². The van der Waals surface area contributed by atoms with Gasteiger partial charge in [-0.05, 0) is 43.4 Å². The molecule has 1 heterocycles. The third-order valence-corrected chi connectivity index (χ3v) is 3.17. The Hall–Kier alpha value is -1.42. The van der Waals surface area contributed by atoms with Crippen molar-refractivity contribution < 1.29 is 4.79 Å². The summed E-state index contributed by atoms with van der Waals surface area (Å²) in [6.45, 7) is 6.83. The summed E-state index contributed by atoms with van der Waals surface area (Å²) < 4.78 is 0. The number of nitrogens with one attached hydrogen (secondary N) is 1. The molecular formula is C15H25N3O. The first-order valence-corrected chi connectivity index (χ1v) is 6.92. The number of carbonyl (C=O) groups is 1. The summed E-state index contributed by atoms with van der Waals surface area (Å²) >= 11 is 0. The molecule has 0 aromatic carbocycles. The number of pyridine rings is 1. The number of amides is 1. The van der Waals surface area contributed by atoms with E-state index >= 15 is 0 Å². The number of rotatable bonds is 7. The van der Waals surface area contributed by atoms with Crippen LogP contribution in [0.4, 0.5) is 0 Å². The Morgan fingerprint density at radius 1 is 1.42 bits per heavy atom. The summed E-state index contributed by atoms with van der Waals surface area (Å²) in [4.78, 5) is 16.0. The van der Waals surface area contributed by atoms with Gasteiger partial charge in [0.15, 0.2) is 0 Å². The van der Waals surface area contributed by atoms with Gasteiger partial charge in [0.2, 0.25) is 5.91 Å². The summed E-state index contributed by atoms with van der Waals surface area (Å²) in [5.74, 6) is 0.894. The average molecular weight is 263 g/mol. The van der Waals surface area contributed by atoms with Crippen LogP contribution in [0.15, 0.2) is 24.5 Å². The van der Waals surface area contributed by atoms with Crippen molar-refractivity contribution >= 4 is 5.91 Å². The van der Waals surface area contributed by atoms with E-state index in [1.54, 1.807) is 12.4 Å². The fourth-order valence-electron chi connectivity index (χ4n) is 2.21. The first kappa shape index (κ1) is 15.6. The highest BCUT2D eigenvalue weighted by molar-refractivity contribution is 5.76. The van der Waals surface area contributed by atoms with Crippen LogP contribution in [0.25, 0.3) is 0 Å². The SMILES string of the molecule is CC(C)CC(CN)CC(=O)N[C@H](C)c1cccnc1. The molecule has 0 saturated carbocycles. The Kier molecular flexibility index (Phi) is 6.50. The molecule has 0 aliphatic carbocycles. The van der Waals surface area contributed by atoms with E-state index in [0.29, 0.717) is 18.9 Å². The lowest BCUT2D eigenvalue weighted by atomic mass is 9.94. The molecule has 2 atom stereocenters. The van der Waals surface area contributed by atoms with Crippen molar-refractivity contribution in [3.8, 4) is 0 Å². The van der Waals surface area contributed by atoms with Crippen LogP contribution in [0.3, 0.4) is 0 Å². The van der Waals surface area contributed by atoms with Gasteiger partial charge >= 0.3 is 0 Å². The fraction of sp³-hybridized carbons (Fsp3) is 0.600. The topological polar surface area (TPSA) is 68.0 Å². The Morgan fingerprint density at radius 3 is 2.68 bits per heavy atom. The van der Waals surface area contributed by atoms with E-state index in [1.807, 2.05) is 19.1 Å².